The smallest absolute Gasteiger partial charge is 0.305 e. The number of para-hydroxylation sites is 1. The Bertz CT molecular complexity index is 569. The molecular formula is C15H22N4O4. The fourth-order valence-corrected chi connectivity index (χ4v) is 1.73. The molecule has 8 nitrogen and oxygen atoms in total. The van der Waals surface area contributed by atoms with Crippen molar-refractivity contribution in [2.75, 3.05) is 20.3 Å². The Morgan fingerprint density at radius 3 is 2.78 bits per heavy atom. The zero-order chi connectivity index (χ0) is 17.1. The number of hydrogen-bond donors (Lipinski definition) is 2. The van der Waals surface area contributed by atoms with Crippen LogP contribution in [0, 0.1) is 0 Å². The Morgan fingerprint density at radius 1 is 1.35 bits per heavy atom. The third-order valence-corrected chi connectivity index (χ3v) is 2.68. The van der Waals surface area contributed by atoms with Crippen LogP contribution in [0.2, 0.25) is 0 Å². The molecule has 0 saturated heterocycles. The van der Waals surface area contributed by atoms with Gasteiger partial charge in [0.25, 0.3) is 0 Å². The van der Waals surface area contributed by atoms with Crippen molar-refractivity contribution in [1.82, 2.24) is 0 Å². The summed E-state index contributed by atoms with van der Waals surface area (Å²) in [5.41, 5.74) is 11.1. The van der Waals surface area contributed by atoms with Crippen LogP contribution in [-0.2, 0) is 9.53 Å². The molecule has 0 aliphatic rings. The van der Waals surface area contributed by atoms with Crippen LogP contribution < -0.4 is 20.9 Å². The van der Waals surface area contributed by atoms with Crippen LogP contribution >= 0.6 is 0 Å². The molecule has 4 N–H and O–H groups in total. The molecule has 0 aliphatic carbocycles. The van der Waals surface area contributed by atoms with E-state index >= 15 is 0 Å². The SMILES string of the molecule is CCOC(=O)CCCOc1c(C=NN=C(N)N)cccc1OC. The van der Waals surface area contributed by atoms with E-state index in [0.29, 0.717) is 43.1 Å². The minimum Gasteiger partial charge on any atom is -0.493 e. The fourth-order valence-electron chi connectivity index (χ4n) is 1.73. The molecule has 0 bridgehead atoms. The van der Waals surface area contributed by atoms with E-state index in [1.807, 2.05) is 0 Å². The van der Waals surface area contributed by atoms with Crippen molar-refractivity contribution in [3.05, 3.63) is 23.8 Å². The molecule has 0 aromatic heterocycles. The maximum atomic E-state index is 11.3. The number of carbonyl (C=O) groups excluding carboxylic acids is 1. The van der Waals surface area contributed by atoms with Crippen molar-refractivity contribution in [2.45, 2.75) is 19.8 Å². The largest absolute Gasteiger partial charge is 0.493 e. The van der Waals surface area contributed by atoms with E-state index < -0.39 is 0 Å². The minimum absolute atomic E-state index is 0.138. The zero-order valence-electron chi connectivity index (χ0n) is 13.3. The van der Waals surface area contributed by atoms with Gasteiger partial charge < -0.3 is 25.7 Å². The predicted molar refractivity (Wildman–Crippen MR) is 87.8 cm³/mol. The van der Waals surface area contributed by atoms with E-state index in [2.05, 4.69) is 10.2 Å². The van der Waals surface area contributed by atoms with Gasteiger partial charge in [0.1, 0.15) is 0 Å². The maximum absolute atomic E-state index is 11.3. The molecule has 1 aromatic carbocycles. The summed E-state index contributed by atoms with van der Waals surface area (Å²) < 4.78 is 15.8. The number of ether oxygens (including phenoxy) is 3. The van der Waals surface area contributed by atoms with Gasteiger partial charge in [0.15, 0.2) is 11.5 Å². The molecule has 1 aromatic rings. The van der Waals surface area contributed by atoms with Crippen LogP contribution in [0.1, 0.15) is 25.3 Å². The highest BCUT2D eigenvalue weighted by Crippen LogP contribution is 2.30. The van der Waals surface area contributed by atoms with Gasteiger partial charge in [0.2, 0.25) is 5.96 Å². The second-order valence-electron chi connectivity index (χ2n) is 4.41. The first-order valence-electron chi connectivity index (χ1n) is 7.15. The fraction of sp³-hybridized carbons (Fsp3) is 0.400. The molecule has 0 unspecified atom stereocenters. The lowest BCUT2D eigenvalue weighted by atomic mass is 10.2. The van der Waals surface area contributed by atoms with Crippen LogP contribution in [0.4, 0.5) is 0 Å². The summed E-state index contributed by atoms with van der Waals surface area (Å²) in [6.07, 6.45) is 2.28. The summed E-state index contributed by atoms with van der Waals surface area (Å²) in [6, 6.07) is 5.34. The Kier molecular flexibility index (Phi) is 7.98. The van der Waals surface area contributed by atoms with Gasteiger partial charge in [0, 0.05) is 12.0 Å². The third kappa shape index (κ3) is 6.68. The number of rotatable bonds is 9. The zero-order valence-corrected chi connectivity index (χ0v) is 13.3. The van der Waals surface area contributed by atoms with Crippen LogP contribution in [-0.4, -0.2) is 38.5 Å². The van der Waals surface area contributed by atoms with Gasteiger partial charge in [-0.05, 0) is 25.5 Å². The Morgan fingerprint density at radius 2 is 2.13 bits per heavy atom. The third-order valence-electron chi connectivity index (χ3n) is 2.68. The molecule has 0 atom stereocenters. The molecule has 0 spiro atoms. The van der Waals surface area contributed by atoms with E-state index in [1.165, 1.54) is 13.3 Å². The minimum atomic E-state index is -0.245. The number of nitrogens with two attached hydrogens (primary N) is 2. The van der Waals surface area contributed by atoms with E-state index in [0.717, 1.165) is 0 Å². The summed E-state index contributed by atoms with van der Waals surface area (Å²) in [7, 11) is 1.54. The predicted octanol–water partition coefficient (Wildman–Crippen LogP) is 1.02. The molecule has 126 valence electrons. The topological polar surface area (TPSA) is 122 Å². The molecule has 0 heterocycles. The van der Waals surface area contributed by atoms with Crippen LogP contribution in [0.15, 0.2) is 28.4 Å². The molecule has 0 amide bonds. The van der Waals surface area contributed by atoms with Gasteiger partial charge in [-0.2, -0.15) is 5.10 Å². The highest BCUT2D eigenvalue weighted by molar-refractivity contribution is 5.86. The highest BCUT2D eigenvalue weighted by Gasteiger charge is 2.10. The number of methoxy groups -OCH3 is 1. The van der Waals surface area contributed by atoms with Crippen LogP contribution in [0.5, 0.6) is 11.5 Å². The first kappa shape index (κ1) is 18.3. The lowest BCUT2D eigenvalue weighted by Crippen LogP contribution is -2.21. The summed E-state index contributed by atoms with van der Waals surface area (Å²) >= 11 is 0. The van der Waals surface area contributed by atoms with Crippen molar-refractivity contribution in [3.63, 3.8) is 0 Å². The van der Waals surface area contributed by atoms with E-state index in [-0.39, 0.29) is 11.9 Å². The van der Waals surface area contributed by atoms with E-state index in [1.54, 1.807) is 25.1 Å². The molecule has 8 heteroatoms. The number of benzene rings is 1. The van der Waals surface area contributed by atoms with Gasteiger partial charge in [-0.3, -0.25) is 4.79 Å². The number of guanidine groups is 1. The van der Waals surface area contributed by atoms with Crippen molar-refractivity contribution < 1.29 is 19.0 Å². The lowest BCUT2D eigenvalue weighted by molar-refractivity contribution is -0.143. The summed E-state index contributed by atoms with van der Waals surface area (Å²) in [4.78, 5) is 11.3. The second-order valence-corrected chi connectivity index (χ2v) is 4.41. The number of hydrogen-bond acceptors (Lipinski definition) is 6. The van der Waals surface area contributed by atoms with Crippen molar-refractivity contribution in [3.8, 4) is 11.5 Å². The normalized spacial score (nSPS) is 10.3. The number of esters is 1. The highest BCUT2D eigenvalue weighted by atomic mass is 16.5. The second kappa shape index (κ2) is 10.0. The molecule has 0 aliphatic heterocycles. The lowest BCUT2D eigenvalue weighted by Gasteiger charge is -2.12. The Balaban J connectivity index is 2.73. The van der Waals surface area contributed by atoms with Gasteiger partial charge in [-0.1, -0.05) is 6.07 Å². The maximum Gasteiger partial charge on any atom is 0.305 e. The van der Waals surface area contributed by atoms with Gasteiger partial charge in [-0.25, -0.2) is 0 Å². The number of carbonyl (C=O) groups is 1. The van der Waals surface area contributed by atoms with Crippen LogP contribution in [0.25, 0.3) is 0 Å². The molecule has 0 saturated carbocycles. The Labute approximate surface area is 135 Å². The first-order chi connectivity index (χ1) is 11.1. The standard InChI is InChI=1S/C15H22N4O4/c1-3-22-13(20)8-5-9-23-14-11(10-18-19-15(16)17)6-4-7-12(14)21-2/h4,6-7,10H,3,5,8-9H2,1-2H3,(H4,16,17,19). The summed E-state index contributed by atoms with van der Waals surface area (Å²) in [6.45, 7) is 2.48. The van der Waals surface area contributed by atoms with Gasteiger partial charge >= 0.3 is 5.97 Å². The first-order valence-corrected chi connectivity index (χ1v) is 7.15. The molecule has 0 fully saturated rings. The summed E-state index contributed by atoms with van der Waals surface area (Å²) in [5.74, 6) is 0.676. The average molecular weight is 322 g/mol. The molecule has 23 heavy (non-hydrogen) atoms. The molecular weight excluding hydrogens is 300 g/mol. The van der Waals surface area contributed by atoms with Crippen molar-refractivity contribution in [1.29, 1.82) is 0 Å². The molecule has 0 radical (unpaired) electrons. The Hall–Kier alpha value is -2.77. The van der Waals surface area contributed by atoms with Crippen molar-refractivity contribution >= 4 is 18.1 Å². The monoisotopic (exact) mass is 322 g/mol. The quantitative estimate of drug-likeness (QED) is 0.230. The molecule has 1 rings (SSSR count). The summed E-state index contributed by atoms with van der Waals surface area (Å²) in [5, 5.41) is 7.30. The van der Waals surface area contributed by atoms with Crippen LogP contribution in [0.3, 0.4) is 0 Å². The van der Waals surface area contributed by atoms with E-state index in [9.17, 15) is 4.79 Å². The van der Waals surface area contributed by atoms with Gasteiger partial charge in [0.05, 0.1) is 26.5 Å². The number of nitrogens with zero attached hydrogens (tertiary/aromatic N) is 2. The van der Waals surface area contributed by atoms with E-state index in [4.69, 9.17) is 25.7 Å². The average Bonchev–Trinajstić information content (AvgIpc) is 2.52. The van der Waals surface area contributed by atoms with Crippen molar-refractivity contribution in [2.24, 2.45) is 21.7 Å². The van der Waals surface area contributed by atoms with Gasteiger partial charge in [-0.15, -0.1) is 5.10 Å².